The maximum absolute atomic E-state index is 11.3. The molecule has 0 saturated carbocycles. The normalized spacial score (nSPS) is 11.3. The number of fused-ring (bicyclic) bond motifs is 3. The summed E-state index contributed by atoms with van der Waals surface area (Å²) in [6.45, 7) is 0. The zero-order valence-electron chi connectivity index (χ0n) is 8.27. The number of carbonyl (C=O) groups is 1. The summed E-state index contributed by atoms with van der Waals surface area (Å²) in [6.07, 6.45) is 0. The van der Waals surface area contributed by atoms with E-state index in [9.17, 15) is 4.79 Å². The Labute approximate surface area is 98.2 Å². The first-order valence-electron chi connectivity index (χ1n) is 4.48. The Balaban J connectivity index is 2.28. The summed E-state index contributed by atoms with van der Waals surface area (Å²) < 4.78 is 12.2. The van der Waals surface area contributed by atoms with Crippen LogP contribution < -0.4 is 5.73 Å². The van der Waals surface area contributed by atoms with Crippen LogP contribution in [-0.2, 0) is 4.74 Å². The first-order valence-corrected chi connectivity index (χ1v) is 6.12. The quantitative estimate of drug-likeness (QED) is 0.677. The molecule has 0 bridgehead atoms. The van der Waals surface area contributed by atoms with Crippen LogP contribution in [0.15, 0.2) is 16.5 Å². The lowest BCUT2D eigenvalue weighted by molar-refractivity contribution is 0.0606. The van der Waals surface area contributed by atoms with Crippen molar-refractivity contribution in [3.05, 3.63) is 17.0 Å². The molecule has 2 N–H and O–H groups in total. The summed E-state index contributed by atoms with van der Waals surface area (Å²) in [6, 6.07) is 3.50. The predicted molar refractivity (Wildman–Crippen MR) is 65.2 cm³/mol. The minimum Gasteiger partial charge on any atom is -0.465 e. The highest BCUT2D eigenvalue weighted by Crippen LogP contribution is 2.40. The number of carbonyl (C=O) groups excluding carboxylic acids is 1. The molecule has 0 aliphatic rings. The van der Waals surface area contributed by atoms with Gasteiger partial charge in [0.05, 0.1) is 21.5 Å². The van der Waals surface area contributed by atoms with E-state index in [1.165, 1.54) is 29.8 Å². The third-order valence-corrected chi connectivity index (χ3v) is 4.43. The minimum atomic E-state index is -0.339. The highest BCUT2D eigenvalue weighted by atomic mass is 32.1. The molecular weight excluding hydrogens is 246 g/mol. The second-order valence-corrected chi connectivity index (χ2v) is 5.38. The molecule has 0 spiro atoms. The summed E-state index contributed by atoms with van der Waals surface area (Å²) in [4.78, 5) is 11.9. The number of esters is 1. The first kappa shape index (κ1) is 9.68. The Bertz CT molecular complexity index is 691. The molecule has 0 saturated heterocycles. The number of nitrogen functional groups attached to an aromatic ring is 1. The van der Waals surface area contributed by atoms with E-state index in [0.29, 0.717) is 15.5 Å². The van der Waals surface area contributed by atoms with Crippen molar-refractivity contribution in [2.24, 2.45) is 0 Å². The Kier molecular flexibility index (Phi) is 1.95. The summed E-state index contributed by atoms with van der Waals surface area (Å²) in [5.41, 5.74) is 7.18. The van der Waals surface area contributed by atoms with Crippen LogP contribution in [-0.4, -0.2) is 13.1 Å². The van der Waals surface area contributed by atoms with Gasteiger partial charge in [-0.1, -0.05) is 0 Å². The van der Waals surface area contributed by atoms with Gasteiger partial charge in [-0.15, -0.1) is 22.7 Å². The van der Waals surface area contributed by atoms with E-state index < -0.39 is 0 Å². The van der Waals surface area contributed by atoms with Crippen LogP contribution in [0.3, 0.4) is 0 Å². The van der Waals surface area contributed by atoms with Gasteiger partial charge in [0.1, 0.15) is 16.0 Å². The van der Waals surface area contributed by atoms with E-state index in [0.717, 1.165) is 15.0 Å². The van der Waals surface area contributed by atoms with Gasteiger partial charge in [-0.25, -0.2) is 4.79 Å². The van der Waals surface area contributed by atoms with Crippen molar-refractivity contribution < 1.29 is 13.9 Å². The predicted octanol–water partition coefficient (Wildman–Crippen LogP) is 3.08. The molecule has 16 heavy (non-hydrogen) atoms. The molecule has 0 fully saturated rings. The van der Waals surface area contributed by atoms with E-state index >= 15 is 0 Å². The highest BCUT2D eigenvalue weighted by Gasteiger charge is 2.17. The SMILES string of the molecule is COC(=O)c1cc2oc3cc(N)sc3c2s1. The highest BCUT2D eigenvalue weighted by molar-refractivity contribution is 7.29. The lowest BCUT2D eigenvalue weighted by Gasteiger charge is -1.90. The van der Waals surface area contributed by atoms with E-state index in [1.807, 2.05) is 0 Å². The standard InChI is InChI=1S/C10H7NO3S2/c1-13-10(12)6-2-4-8(15-6)9-5(14-4)3-7(11)16-9/h2-3H,11H2,1H3. The second kappa shape index (κ2) is 3.23. The van der Waals surface area contributed by atoms with E-state index in [-0.39, 0.29) is 5.97 Å². The van der Waals surface area contributed by atoms with Crippen molar-refractivity contribution in [3.63, 3.8) is 0 Å². The van der Waals surface area contributed by atoms with Crippen LogP contribution in [0.1, 0.15) is 9.67 Å². The van der Waals surface area contributed by atoms with Gasteiger partial charge >= 0.3 is 5.97 Å². The summed E-state index contributed by atoms with van der Waals surface area (Å²) in [5.74, 6) is -0.339. The van der Waals surface area contributed by atoms with E-state index in [4.69, 9.17) is 10.2 Å². The molecule has 0 amide bonds. The molecule has 4 nitrogen and oxygen atoms in total. The van der Waals surface area contributed by atoms with Crippen molar-refractivity contribution >= 4 is 54.2 Å². The van der Waals surface area contributed by atoms with Crippen molar-refractivity contribution in [2.75, 3.05) is 12.8 Å². The first-order chi connectivity index (χ1) is 7.69. The molecular formula is C10H7NO3S2. The van der Waals surface area contributed by atoms with Crippen LogP contribution in [0.25, 0.3) is 20.6 Å². The maximum Gasteiger partial charge on any atom is 0.348 e. The van der Waals surface area contributed by atoms with Crippen LogP contribution in [0.4, 0.5) is 5.00 Å². The minimum absolute atomic E-state index is 0.339. The number of anilines is 1. The zero-order valence-corrected chi connectivity index (χ0v) is 9.91. The van der Waals surface area contributed by atoms with Crippen LogP contribution in [0.2, 0.25) is 0 Å². The molecule has 3 rings (SSSR count). The number of rotatable bonds is 1. The topological polar surface area (TPSA) is 65.5 Å². The van der Waals surface area contributed by atoms with Crippen LogP contribution >= 0.6 is 22.7 Å². The average Bonchev–Trinajstić information content (AvgIpc) is 2.86. The molecule has 0 atom stereocenters. The third-order valence-electron chi connectivity index (χ3n) is 2.23. The van der Waals surface area contributed by atoms with Gasteiger partial charge in [-0.05, 0) is 0 Å². The van der Waals surface area contributed by atoms with Gasteiger partial charge in [0.25, 0.3) is 0 Å². The molecule has 0 aliphatic heterocycles. The van der Waals surface area contributed by atoms with Gasteiger partial charge in [-0.2, -0.15) is 0 Å². The fourth-order valence-corrected chi connectivity index (χ4v) is 3.55. The average molecular weight is 253 g/mol. The van der Waals surface area contributed by atoms with E-state index in [1.54, 1.807) is 12.1 Å². The Morgan fingerprint density at radius 2 is 2.00 bits per heavy atom. The van der Waals surface area contributed by atoms with Crippen molar-refractivity contribution in [2.45, 2.75) is 0 Å². The summed E-state index contributed by atoms with van der Waals surface area (Å²) in [7, 11) is 1.36. The number of nitrogens with two attached hydrogens (primary N) is 1. The smallest absolute Gasteiger partial charge is 0.348 e. The monoisotopic (exact) mass is 253 g/mol. The number of methoxy groups -OCH3 is 1. The molecule has 3 aromatic rings. The maximum atomic E-state index is 11.3. The van der Waals surface area contributed by atoms with Gasteiger partial charge < -0.3 is 14.9 Å². The fourth-order valence-electron chi connectivity index (χ4n) is 1.55. The summed E-state index contributed by atoms with van der Waals surface area (Å²) >= 11 is 2.83. The summed E-state index contributed by atoms with van der Waals surface area (Å²) in [5, 5.41) is 0.712. The Hall–Kier alpha value is -1.53. The van der Waals surface area contributed by atoms with Crippen molar-refractivity contribution in [1.82, 2.24) is 0 Å². The lowest BCUT2D eigenvalue weighted by Crippen LogP contribution is -1.96. The van der Waals surface area contributed by atoms with E-state index in [2.05, 4.69) is 4.74 Å². The number of hydrogen-bond acceptors (Lipinski definition) is 6. The zero-order chi connectivity index (χ0) is 11.3. The molecule has 82 valence electrons. The number of hydrogen-bond donors (Lipinski definition) is 1. The van der Waals surface area contributed by atoms with Gasteiger partial charge in [0.15, 0.2) is 0 Å². The van der Waals surface area contributed by atoms with Gasteiger partial charge in [0.2, 0.25) is 0 Å². The van der Waals surface area contributed by atoms with Crippen molar-refractivity contribution in [1.29, 1.82) is 0 Å². The number of ether oxygens (including phenoxy) is 1. The Morgan fingerprint density at radius 1 is 1.31 bits per heavy atom. The molecule has 6 heteroatoms. The number of furan rings is 1. The largest absolute Gasteiger partial charge is 0.465 e. The second-order valence-electron chi connectivity index (χ2n) is 3.24. The molecule has 0 radical (unpaired) electrons. The van der Waals surface area contributed by atoms with Gasteiger partial charge in [-0.3, -0.25) is 0 Å². The van der Waals surface area contributed by atoms with Crippen molar-refractivity contribution in [3.8, 4) is 0 Å². The van der Waals surface area contributed by atoms with Crippen LogP contribution in [0, 0.1) is 0 Å². The van der Waals surface area contributed by atoms with Gasteiger partial charge in [0, 0.05) is 12.1 Å². The molecule has 3 aromatic heterocycles. The molecule has 0 aliphatic carbocycles. The third kappa shape index (κ3) is 1.23. The van der Waals surface area contributed by atoms with Crippen LogP contribution in [0.5, 0.6) is 0 Å². The Morgan fingerprint density at radius 3 is 2.75 bits per heavy atom. The number of thiophene rings is 2. The fraction of sp³-hybridized carbons (Fsp3) is 0.100. The molecule has 0 unspecified atom stereocenters. The molecule has 3 heterocycles. The lowest BCUT2D eigenvalue weighted by atomic mass is 10.4. The molecule has 0 aromatic carbocycles.